The highest BCUT2D eigenvalue weighted by Crippen LogP contribution is 2.20. The van der Waals surface area contributed by atoms with E-state index in [1.54, 1.807) is 12.1 Å². The number of hydrogen-bond donors (Lipinski definition) is 2. The van der Waals surface area contributed by atoms with Crippen LogP contribution in [0.4, 0.5) is 4.39 Å². The number of rotatable bonds is 6. The quantitative estimate of drug-likeness (QED) is 0.808. The number of amides is 1. The van der Waals surface area contributed by atoms with Crippen molar-refractivity contribution in [2.45, 2.75) is 24.9 Å². The zero-order chi connectivity index (χ0) is 13.8. The zero-order valence-electron chi connectivity index (χ0n) is 11.1. The Morgan fingerprint density at radius 1 is 1.47 bits per heavy atom. The molecule has 4 nitrogen and oxygen atoms in total. The van der Waals surface area contributed by atoms with Crippen molar-refractivity contribution >= 4 is 5.91 Å². The molecule has 5 heteroatoms. The fourth-order valence-electron chi connectivity index (χ4n) is 2.09. The highest BCUT2D eigenvalue weighted by Gasteiger charge is 2.25. The van der Waals surface area contributed by atoms with Gasteiger partial charge in [0.05, 0.1) is 6.54 Å². The molecule has 19 heavy (non-hydrogen) atoms. The van der Waals surface area contributed by atoms with E-state index in [1.165, 1.54) is 12.1 Å². The minimum Gasteiger partial charge on any atom is -0.352 e. The molecule has 1 aliphatic carbocycles. The summed E-state index contributed by atoms with van der Waals surface area (Å²) >= 11 is 0. The van der Waals surface area contributed by atoms with Crippen LogP contribution < -0.4 is 11.1 Å². The molecule has 1 saturated carbocycles. The molecule has 1 fully saturated rings. The van der Waals surface area contributed by atoms with Crippen molar-refractivity contribution in [2.75, 3.05) is 20.1 Å². The summed E-state index contributed by atoms with van der Waals surface area (Å²) in [5, 5.41) is 2.94. The van der Waals surface area contributed by atoms with Crippen molar-refractivity contribution in [3.8, 4) is 0 Å². The molecular weight excluding hydrogens is 245 g/mol. The lowest BCUT2D eigenvalue weighted by molar-refractivity contribution is -0.122. The first-order valence-electron chi connectivity index (χ1n) is 6.55. The van der Waals surface area contributed by atoms with Gasteiger partial charge in [-0.2, -0.15) is 0 Å². The smallest absolute Gasteiger partial charge is 0.234 e. The van der Waals surface area contributed by atoms with Gasteiger partial charge in [0, 0.05) is 18.6 Å². The fraction of sp³-hybridized carbons (Fsp3) is 0.500. The van der Waals surface area contributed by atoms with Gasteiger partial charge in [0.15, 0.2) is 0 Å². The van der Waals surface area contributed by atoms with Crippen LogP contribution in [-0.4, -0.2) is 37.0 Å². The Bertz CT molecular complexity index is 431. The molecule has 0 aliphatic heterocycles. The molecule has 0 heterocycles. The maximum Gasteiger partial charge on any atom is 0.234 e. The van der Waals surface area contributed by atoms with Gasteiger partial charge in [0.2, 0.25) is 5.91 Å². The van der Waals surface area contributed by atoms with Gasteiger partial charge in [0.25, 0.3) is 0 Å². The molecule has 0 radical (unpaired) electrons. The van der Waals surface area contributed by atoms with E-state index in [0.29, 0.717) is 19.1 Å². The zero-order valence-corrected chi connectivity index (χ0v) is 11.1. The highest BCUT2D eigenvalue weighted by atomic mass is 19.1. The van der Waals surface area contributed by atoms with Crippen molar-refractivity contribution in [3.63, 3.8) is 0 Å². The molecule has 2 rings (SSSR count). The molecule has 0 bridgehead atoms. The van der Waals surface area contributed by atoms with E-state index in [1.807, 2.05) is 11.9 Å². The molecule has 1 aromatic rings. The summed E-state index contributed by atoms with van der Waals surface area (Å²) in [7, 11) is 1.85. The Labute approximate surface area is 112 Å². The van der Waals surface area contributed by atoms with Gasteiger partial charge in [-0.15, -0.1) is 0 Å². The number of nitrogens with one attached hydrogen (secondary N) is 1. The van der Waals surface area contributed by atoms with Crippen LogP contribution >= 0.6 is 0 Å². The summed E-state index contributed by atoms with van der Waals surface area (Å²) in [5.41, 5.74) is 6.69. The SMILES string of the molecule is CN(CC(=O)NC1CC1)C(CN)c1ccc(F)cc1. The van der Waals surface area contributed by atoms with Gasteiger partial charge in [-0.3, -0.25) is 9.69 Å². The largest absolute Gasteiger partial charge is 0.352 e. The first kappa shape index (κ1) is 14.0. The van der Waals surface area contributed by atoms with Crippen molar-refractivity contribution in [1.82, 2.24) is 10.2 Å². The number of carbonyl (C=O) groups is 1. The third-order valence-corrected chi connectivity index (χ3v) is 3.35. The monoisotopic (exact) mass is 265 g/mol. The Morgan fingerprint density at radius 2 is 2.11 bits per heavy atom. The second kappa shape index (κ2) is 6.12. The van der Waals surface area contributed by atoms with Crippen LogP contribution in [0.1, 0.15) is 24.4 Å². The van der Waals surface area contributed by atoms with Crippen molar-refractivity contribution in [2.24, 2.45) is 5.73 Å². The number of halogens is 1. The van der Waals surface area contributed by atoms with Crippen LogP contribution in [0.25, 0.3) is 0 Å². The maximum absolute atomic E-state index is 12.9. The first-order chi connectivity index (χ1) is 9.10. The predicted molar refractivity (Wildman–Crippen MR) is 72.0 cm³/mol. The van der Waals surface area contributed by atoms with Gasteiger partial charge in [0.1, 0.15) is 5.82 Å². The number of carbonyl (C=O) groups excluding carboxylic acids is 1. The van der Waals surface area contributed by atoms with E-state index < -0.39 is 0 Å². The van der Waals surface area contributed by atoms with E-state index in [4.69, 9.17) is 5.73 Å². The number of hydrogen-bond acceptors (Lipinski definition) is 3. The lowest BCUT2D eigenvalue weighted by Crippen LogP contribution is -2.40. The van der Waals surface area contributed by atoms with E-state index in [0.717, 1.165) is 18.4 Å². The van der Waals surface area contributed by atoms with Crippen LogP contribution in [0.3, 0.4) is 0 Å². The summed E-state index contributed by atoms with van der Waals surface area (Å²) in [4.78, 5) is 13.6. The number of likely N-dealkylation sites (N-methyl/N-ethyl adjacent to an activating group) is 1. The molecule has 104 valence electrons. The summed E-state index contributed by atoms with van der Waals surface area (Å²) in [6.07, 6.45) is 2.15. The van der Waals surface area contributed by atoms with Crippen LogP contribution in [0, 0.1) is 5.82 Å². The van der Waals surface area contributed by atoms with Crippen LogP contribution in [0.5, 0.6) is 0 Å². The summed E-state index contributed by atoms with van der Waals surface area (Å²) in [6, 6.07) is 6.53. The van der Waals surface area contributed by atoms with E-state index in [-0.39, 0.29) is 17.8 Å². The van der Waals surface area contributed by atoms with Gasteiger partial charge in [-0.25, -0.2) is 4.39 Å². The van der Waals surface area contributed by atoms with E-state index >= 15 is 0 Å². The molecule has 1 amide bonds. The molecule has 1 aliphatic rings. The van der Waals surface area contributed by atoms with Crippen molar-refractivity contribution in [1.29, 1.82) is 0 Å². The highest BCUT2D eigenvalue weighted by molar-refractivity contribution is 5.78. The third kappa shape index (κ3) is 4.01. The lowest BCUT2D eigenvalue weighted by atomic mass is 10.1. The summed E-state index contributed by atoms with van der Waals surface area (Å²) < 4.78 is 12.9. The third-order valence-electron chi connectivity index (χ3n) is 3.35. The molecule has 0 saturated heterocycles. The predicted octanol–water partition coefficient (Wildman–Crippen LogP) is 1.04. The van der Waals surface area contributed by atoms with E-state index in [2.05, 4.69) is 5.32 Å². The van der Waals surface area contributed by atoms with E-state index in [9.17, 15) is 9.18 Å². The second-order valence-corrected chi connectivity index (χ2v) is 5.06. The fourth-order valence-corrected chi connectivity index (χ4v) is 2.09. The van der Waals surface area contributed by atoms with Gasteiger partial charge in [-0.05, 0) is 37.6 Å². The number of nitrogens with two attached hydrogens (primary N) is 1. The van der Waals surface area contributed by atoms with Gasteiger partial charge >= 0.3 is 0 Å². The van der Waals surface area contributed by atoms with Crippen LogP contribution in [0.15, 0.2) is 24.3 Å². The molecule has 1 unspecified atom stereocenters. The molecular formula is C14H20FN3O. The molecule has 0 spiro atoms. The number of benzene rings is 1. The minimum atomic E-state index is -0.270. The minimum absolute atomic E-state index is 0.0190. The molecule has 3 N–H and O–H groups in total. The standard InChI is InChI=1S/C14H20FN3O/c1-18(9-14(19)17-12-6-7-12)13(8-16)10-2-4-11(15)5-3-10/h2-5,12-13H,6-9,16H2,1H3,(H,17,19). The van der Waals surface area contributed by atoms with Crippen LogP contribution in [0.2, 0.25) is 0 Å². The Hall–Kier alpha value is -1.46. The topological polar surface area (TPSA) is 58.4 Å². The molecule has 0 aromatic heterocycles. The van der Waals surface area contributed by atoms with Crippen molar-refractivity contribution < 1.29 is 9.18 Å². The summed E-state index contributed by atoms with van der Waals surface area (Å²) in [5.74, 6) is -0.251. The van der Waals surface area contributed by atoms with Crippen LogP contribution in [-0.2, 0) is 4.79 Å². The summed E-state index contributed by atoms with van der Waals surface area (Å²) in [6.45, 7) is 0.689. The van der Waals surface area contributed by atoms with Gasteiger partial charge < -0.3 is 11.1 Å². The van der Waals surface area contributed by atoms with Gasteiger partial charge in [-0.1, -0.05) is 12.1 Å². The normalized spacial score (nSPS) is 16.4. The average molecular weight is 265 g/mol. The van der Waals surface area contributed by atoms with Crippen molar-refractivity contribution in [3.05, 3.63) is 35.6 Å². The molecule has 1 aromatic carbocycles. The molecule has 1 atom stereocenters. The number of nitrogens with zero attached hydrogens (tertiary/aromatic N) is 1. The first-order valence-corrected chi connectivity index (χ1v) is 6.55. The second-order valence-electron chi connectivity index (χ2n) is 5.06. The Kier molecular flexibility index (Phi) is 4.50. The lowest BCUT2D eigenvalue weighted by Gasteiger charge is -2.26. The Morgan fingerprint density at radius 3 is 2.63 bits per heavy atom. The maximum atomic E-state index is 12.9. The average Bonchev–Trinajstić information content (AvgIpc) is 3.16. The Balaban J connectivity index is 1.95.